The first kappa shape index (κ1) is 27.6. The highest BCUT2D eigenvalue weighted by atomic mass is 16.3. The number of hydrogen-bond acceptors (Lipinski definition) is 9. The Morgan fingerprint density at radius 3 is 2.38 bits per heavy atom. The van der Waals surface area contributed by atoms with Crippen molar-refractivity contribution >= 4 is 29.0 Å². The minimum absolute atomic E-state index is 0.0400. The number of Topliss-reactive ketones (excluding diaryl/α,β-unsaturated/α-hetero) is 4. The number of phenolic OH excluding ortho intramolecular Hbond substituents is 1. The van der Waals surface area contributed by atoms with Gasteiger partial charge in [0.1, 0.15) is 5.75 Å². The van der Waals surface area contributed by atoms with Gasteiger partial charge in [-0.3, -0.25) is 28.9 Å². The molecule has 5 N–H and O–H groups in total. The number of hydrogen-bond donors (Lipinski definition) is 4. The Bertz CT molecular complexity index is 1250. The minimum Gasteiger partial charge on any atom is -0.507 e. The van der Waals surface area contributed by atoms with E-state index < -0.39 is 64.4 Å². The van der Waals surface area contributed by atoms with Crippen LogP contribution in [0.1, 0.15) is 60.5 Å². The van der Waals surface area contributed by atoms with E-state index in [2.05, 4.69) is 12.2 Å². The van der Waals surface area contributed by atoms with Crippen LogP contribution in [-0.4, -0.2) is 75.9 Å². The first-order valence-corrected chi connectivity index (χ1v) is 13.8. The fourth-order valence-corrected chi connectivity index (χ4v) is 7.55. The fourth-order valence-electron chi connectivity index (χ4n) is 7.55. The standard InChI is InChI=1S/C29H37N3O7/c1-13-4-7-16(8-5-13)31-12-14-6-9-19(33)21-17(14)10-15-11-18-23(32(2)3)25(35)22(28(30)38)27(37)29(18,39)26(36)20(15)24(21)34/h6,9,13,15-16,18,20,22-23,31,33,39H,4-5,7-8,10-12H2,1-3H3,(H2,30,38). The van der Waals surface area contributed by atoms with Gasteiger partial charge in [0.25, 0.3) is 0 Å². The smallest absolute Gasteiger partial charge is 0.235 e. The largest absolute Gasteiger partial charge is 0.507 e. The number of nitrogens with zero attached hydrogens (tertiary/aromatic N) is 1. The summed E-state index contributed by atoms with van der Waals surface area (Å²) in [4.78, 5) is 67.8. The van der Waals surface area contributed by atoms with Crippen molar-refractivity contribution in [3.05, 3.63) is 28.8 Å². The molecule has 3 fully saturated rings. The Hall–Kier alpha value is -2.95. The molecule has 0 saturated heterocycles. The summed E-state index contributed by atoms with van der Waals surface area (Å²) < 4.78 is 0. The van der Waals surface area contributed by atoms with E-state index in [0.717, 1.165) is 31.2 Å². The lowest BCUT2D eigenvalue weighted by atomic mass is 9.52. The molecule has 210 valence electrons. The van der Waals surface area contributed by atoms with Crippen LogP contribution in [0.15, 0.2) is 12.1 Å². The molecular formula is C29H37N3O7. The van der Waals surface area contributed by atoms with Gasteiger partial charge in [0.05, 0.1) is 17.5 Å². The third-order valence-electron chi connectivity index (χ3n) is 9.64. The molecule has 0 aromatic heterocycles. The molecule has 1 aromatic carbocycles. The van der Waals surface area contributed by atoms with Gasteiger partial charge in [-0.15, -0.1) is 0 Å². The number of likely N-dealkylation sites (N-methyl/N-ethyl adjacent to an activating group) is 1. The van der Waals surface area contributed by atoms with Crippen molar-refractivity contribution in [2.45, 2.75) is 69.7 Å². The predicted molar refractivity (Wildman–Crippen MR) is 140 cm³/mol. The number of aliphatic hydroxyl groups is 1. The highest BCUT2D eigenvalue weighted by molar-refractivity contribution is 6.32. The van der Waals surface area contributed by atoms with Gasteiger partial charge in [0, 0.05) is 18.5 Å². The molecule has 10 nitrogen and oxygen atoms in total. The van der Waals surface area contributed by atoms with Crippen LogP contribution in [0.5, 0.6) is 5.75 Å². The van der Waals surface area contributed by atoms with Gasteiger partial charge in [-0.25, -0.2) is 0 Å². The second kappa shape index (κ2) is 9.91. The highest BCUT2D eigenvalue weighted by Crippen LogP contribution is 2.51. The number of nitrogens with two attached hydrogens (primary N) is 1. The number of rotatable bonds is 5. The molecule has 0 radical (unpaired) electrons. The molecule has 39 heavy (non-hydrogen) atoms. The van der Waals surface area contributed by atoms with Crippen LogP contribution in [-0.2, 0) is 32.1 Å². The van der Waals surface area contributed by atoms with Crippen LogP contribution < -0.4 is 11.1 Å². The Morgan fingerprint density at radius 1 is 1.10 bits per heavy atom. The van der Waals surface area contributed by atoms with E-state index in [1.807, 2.05) is 0 Å². The first-order chi connectivity index (χ1) is 18.4. The summed E-state index contributed by atoms with van der Waals surface area (Å²) in [5.74, 6) is -9.50. The van der Waals surface area contributed by atoms with Crippen molar-refractivity contribution in [2.24, 2.45) is 35.3 Å². The summed E-state index contributed by atoms with van der Waals surface area (Å²) in [5, 5.41) is 25.9. The molecule has 3 saturated carbocycles. The first-order valence-electron chi connectivity index (χ1n) is 13.8. The summed E-state index contributed by atoms with van der Waals surface area (Å²) in [6.07, 6.45) is 4.77. The predicted octanol–water partition coefficient (Wildman–Crippen LogP) is 0.535. The second-order valence-corrected chi connectivity index (χ2v) is 12.2. The summed E-state index contributed by atoms with van der Waals surface area (Å²) in [7, 11) is 3.14. The zero-order valence-corrected chi connectivity index (χ0v) is 22.6. The van der Waals surface area contributed by atoms with E-state index in [0.29, 0.717) is 24.1 Å². The molecule has 4 aliphatic carbocycles. The summed E-state index contributed by atoms with van der Waals surface area (Å²) in [5.41, 5.74) is 4.20. The average Bonchev–Trinajstić information content (AvgIpc) is 2.86. The van der Waals surface area contributed by atoms with Gasteiger partial charge >= 0.3 is 0 Å². The Kier molecular flexibility index (Phi) is 7.01. The van der Waals surface area contributed by atoms with Crippen LogP contribution in [0.3, 0.4) is 0 Å². The van der Waals surface area contributed by atoms with Crippen molar-refractivity contribution in [1.29, 1.82) is 0 Å². The summed E-state index contributed by atoms with van der Waals surface area (Å²) in [6, 6.07) is 2.49. The highest BCUT2D eigenvalue weighted by Gasteiger charge is 2.69. The van der Waals surface area contributed by atoms with Crippen LogP contribution in [0, 0.1) is 29.6 Å². The van der Waals surface area contributed by atoms with Gasteiger partial charge in [0.15, 0.2) is 34.7 Å². The van der Waals surface area contributed by atoms with Crippen LogP contribution in [0.4, 0.5) is 0 Å². The molecular weight excluding hydrogens is 502 g/mol. The molecule has 0 spiro atoms. The average molecular weight is 540 g/mol. The summed E-state index contributed by atoms with van der Waals surface area (Å²) in [6.45, 7) is 2.76. The molecule has 1 amide bonds. The third kappa shape index (κ3) is 4.24. The molecule has 10 heteroatoms. The number of phenols is 1. The zero-order chi connectivity index (χ0) is 28.4. The number of ketones is 4. The van der Waals surface area contributed by atoms with Gasteiger partial charge < -0.3 is 21.3 Å². The molecule has 0 heterocycles. The van der Waals surface area contributed by atoms with Crippen LogP contribution >= 0.6 is 0 Å². The van der Waals surface area contributed by atoms with Crippen molar-refractivity contribution in [1.82, 2.24) is 10.2 Å². The van der Waals surface area contributed by atoms with Crippen molar-refractivity contribution in [3.8, 4) is 5.75 Å². The van der Waals surface area contributed by atoms with E-state index in [1.165, 1.54) is 11.0 Å². The van der Waals surface area contributed by atoms with Crippen molar-refractivity contribution < 1.29 is 34.2 Å². The second-order valence-electron chi connectivity index (χ2n) is 12.2. The number of primary amides is 1. The normalized spacial score (nSPS) is 36.4. The number of carbonyl (C=O) groups excluding carboxylic acids is 5. The number of aromatic hydroxyl groups is 1. The molecule has 1 aromatic rings. The minimum atomic E-state index is -2.70. The Labute approximate surface area is 227 Å². The van der Waals surface area contributed by atoms with Crippen LogP contribution in [0.25, 0.3) is 0 Å². The lowest BCUT2D eigenvalue weighted by Crippen LogP contribution is -2.74. The Balaban J connectivity index is 1.51. The lowest BCUT2D eigenvalue weighted by Gasteiger charge is -2.52. The van der Waals surface area contributed by atoms with Gasteiger partial charge in [-0.1, -0.05) is 13.0 Å². The molecule has 6 atom stereocenters. The number of nitrogens with one attached hydrogen (secondary N) is 1. The topological polar surface area (TPSA) is 167 Å². The van der Waals surface area contributed by atoms with E-state index in [-0.39, 0.29) is 24.2 Å². The van der Waals surface area contributed by atoms with E-state index in [1.54, 1.807) is 20.2 Å². The maximum absolute atomic E-state index is 13.9. The molecule has 0 bridgehead atoms. The van der Waals surface area contributed by atoms with Gasteiger partial charge in [-0.2, -0.15) is 0 Å². The lowest BCUT2D eigenvalue weighted by molar-refractivity contribution is -0.181. The Morgan fingerprint density at radius 2 is 1.77 bits per heavy atom. The van der Waals surface area contributed by atoms with Crippen LogP contribution in [0.2, 0.25) is 0 Å². The van der Waals surface area contributed by atoms with Crippen molar-refractivity contribution in [3.63, 3.8) is 0 Å². The van der Waals surface area contributed by atoms with Crippen molar-refractivity contribution in [2.75, 3.05) is 14.1 Å². The quantitative estimate of drug-likeness (QED) is 0.390. The van der Waals surface area contributed by atoms with E-state index in [9.17, 15) is 34.2 Å². The summed E-state index contributed by atoms with van der Waals surface area (Å²) >= 11 is 0. The zero-order valence-electron chi connectivity index (χ0n) is 22.6. The van der Waals surface area contributed by atoms with E-state index >= 15 is 0 Å². The maximum Gasteiger partial charge on any atom is 0.235 e. The fraction of sp³-hybridized carbons (Fsp3) is 0.621. The molecule has 0 aliphatic heterocycles. The van der Waals surface area contributed by atoms with Gasteiger partial charge in [-0.05, 0) is 81.6 Å². The number of carbonyl (C=O) groups is 5. The third-order valence-corrected chi connectivity index (χ3v) is 9.64. The number of benzene rings is 1. The monoisotopic (exact) mass is 539 g/mol. The maximum atomic E-state index is 13.9. The number of amides is 1. The van der Waals surface area contributed by atoms with Gasteiger partial charge in [0.2, 0.25) is 5.91 Å². The molecule has 5 rings (SSSR count). The molecule has 4 aliphatic rings. The molecule has 6 unspecified atom stereocenters. The SMILES string of the molecule is CC1CCC(NCc2ccc(O)c3c2CC2CC4C(N(C)C)C(=O)C(C(N)=O)C(=O)C4(O)C(=O)C2C3=O)CC1. The number of fused-ring (bicyclic) bond motifs is 3. The van der Waals surface area contributed by atoms with E-state index in [4.69, 9.17) is 5.73 Å².